The number of thiazole rings is 1. The second-order valence-corrected chi connectivity index (χ2v) is 5.34. The zero-order valence-corrected chi connectivity index (χ0v) is 12.1. The molecule has 1 rings (SSSR count). The van der Waals surface area contributed by atoms with Gasteiger partial charge in [0.05, 0.1) is 7.11 Å². The van der Waals surface area contributed by atoms with Crippen LogP contribution in [0, 0.1) is 5.92 Å². The highest BCUT2D eigenvalue weighted by molar-refractivity contribution is 7.18. The predicted molar refractivity (Wildman–Crippen MR) is 71.2 cm³/mol. The number of hydrogen-bond acceptors (Lipinski definition) is 5. The highest BCUT2D eigenvalue weighted by Crippen LogP contribution is 2.30. The molecule has 1 heterocycles. The Morgan fingerprint density at radius 3 is 2.82 bits per heavy atom. The van der Waals surface area contributed by atoms with Crippen LogP contribution in [0.1, 0.15) is 29.9 Å². The summed E-state index contributed by atoms with van der Waals surface area (Å²) in [6.07, 6.45) is 1.10. The minimum absolute atomic E-state index is 0.216. The third-order valence-corrected chi connectivity index (χ3v) is 4.09. The van der Waals surface area contributed by atoms with Gasteiger partial charge in [0.2, 0.25) is 0 Å². The number of aromatic nitrogens is 1. The van der Waals surface area contributed by atoms with Crippen LogP contribution < -0.4 is 4.90 Å². The van der Waals surface area contributed by atoms with Crippen molar-refractivity contribution in [2.24, 2.45) is 5.92 Å². The lowest BCUT2D eigenvalue weighted by Crippen LogP contribution is -2.23. The van der Waals surface area contributed by atoms with Crippen LogP contribution in [-0.2, 0) is 4.74 Å². The molecule has 0 fully saturated rings. The Bertz CT molecular complexity index is 395. The Morgan fingerprint density at radius 1 is 1.65 bits per heavy atom. The van der Waals surface area contributed by atoms with Crippen molar-refractivity contribution in [2.45, 2.75) is 20.3 Å². The number of anilines is 1. The van der Waals surface area contributed by atoms with Crippen LogP contribution in [-0.4, -0.2) is 31.7 Å². The minimum Gasteiger partial charge on any atom is -0.465 e. The van der Waals surface area contributed by atoms with Crippen molar-refractivity contribution in [3.63, 3.8) is 0 Å². The molecule has 0 saturated heterocycles. The summed E-state index contributed by atoms with van der Waals surface area (Å²) in [4.78, 5) is 17.9. The van der Waals surface area contributed by atoms with Crippen molar-refractivity contribution in [1.82, 2.24) is 4.98 Å². The second-order valence-electron chi connectivity index (χ2n) is 4.00. The SMILES string of the molecule is CCC(C)CN(C)c1nc(Cl)c(C(=O)OC)s1. The molecule has 0 aliphatic heterocycles. The maximum atomic E-state index is 11.4. The third-order valence-electron chi connectivity index (χ3n) is 2.55. The molecule has 0 aliphatic rings. The number of hydrogen-bond donors (Lipinski definition) is 0. The van der Waals surface area contributed by atoms with Gasteiger partial charge in [-0.05, 0) is 5.92 Å². The highest BCUT2D eigenvalue weighted by Gasteiger charge is 2.19. The van der Waals surface area contributed by atoms with Gasteiger partial charge in [0.1, 0.15) is 0 Å². The number of ether oxygens (including phenoxy) is 1. The van der Waals surface area contributed by atoms with E-state index in [-0.39, 0.29) is 5.15 Å². The molecule has 0 N–H and O–H groups in total. The maximum Gasteiger partial charge on any atom is 0.351 e. The van der Waals surface area contributed by atoms with E-state index in [9.17, 15) is 4.79 Å². The molecule has 0 radical (unpaired) electrons. The van der Waals surface area contributed by atoms with E-state index in [2.05, 4.69) is 23.6 Å². The summed E-state index contributed by atoms with van der Waals surface area (Å²) in [5.41, 5.74) is 0. The Balaban J connectivity index is 2.82. The number of carbonyl (C=O) groups excluding carboxylic acids is 1. The largest absolute Gasteiger partial charge is 0.465 e. The Kier molecular flexibility index (Phi) is 5.21. The van der Waals surface area contributed by atoms with Gasteiger partial charge in [-0.15, -0.1) is 0 Å². The number of methoxy groups -OCH3 is 1. The molecule has 1 aromatic heterocycles. The lowest BCUT2D eigenvalue weighted by atomic mass is 10.1. The number of carbonyl (C=O) groups is 1. The van der Waals surface area contributed by atoms with Gasteiger partial charge in [-0.2, -0.15) is 0 Å². The van der Waals surface area contributed by atoms with Gasteiger partial charge in [-0.25, -0.2) is 9.78 Å². The van der Waals surface area contributed by atoms with Gasteiger partial charge >= 0.3 is 5.97 Å². The van der Waals surface area contributed by atoms with Gasteiger partial charge in [0.15, 0.2) is 15.2 Å². The third kappa shape index (κ3) is 3.57. The smallest absolute Gasteiger partial charge is 0.351 e. The molecule has 17 heavy (non-hydrogen) atoms. The van der Waals surface area contributed by atoms with Gasteiger partial charge in [-0.3, -0.25) is 0 Å². The van der Waals surface area contributed by atoms with Gasteiger partial charge in [0.25, 0.3) is 0 Å². The van der Waals surface area contributed by atoms with Crippen molar-refractivity contribution in [3.05, 3.63) is 10.0 Å². The van der Waals surface area contributed by atoms with E-state index in [1.54, 1.807) is 0 Å². The second kappa shape index (κ2) is 6.21. The molecule has 1 unspecified atom stereocenters. The fourth-order valence-corrected chi connectivity index (χ4v) is 2.52. The van der Waals surface area contributed by atoms with Crippen molar-refractivity contribution in [2.75, 3.05) is 25.6 Å². The Hall–Kier alpha value is -0.810. The summed E-state index contributed by atoms with van der Waals surface area (Å²) in [6.45, 7) is 5.21. The molecule has 0 bridgehead atoms. The molecule has 0 aromatic carbocycles. The number of esters is 1. The lowest BCUT2D eigenvalue weighted by Gasteiger charge is -2.19. The lowest BCUT2D eigenvalue weighted by molar-refractivity contribution is 0.0606. The summed E-state index contributed by atoms with van der Waals surface area (Å²) >= 11 is 7.17. The monoisotopic (exact) mass is 276 g/mol. The van der Waals surface area contributed by atoms with E-state index in [0.29, 0.717) is 10.8 Å². The van der Waals surface area contributed by atoms with E-state index in [1.807, 2.05) is 11.9 Å². The van der Waals surface area contributed by atoms with E-state index in [0.717, 1.165) is 18.1 Å². The van der Waals surface area contributed by atoms with Gasteiger partial charge in [0, 0.05) is 13.6 Å². The van der Waals surface area contributed by atoms with Crippen LogP contribution in [0.15, 0.2) is 0 Å². The molecule has 0 amide bonds. The molecule has 1 atom stereocenters. The van der Waals surface area contributed by atoms with Crippen LogP contribution >= 0.6 is 22.9 Å². The van der Waals surface area contributed by atoms with Gasteiger partial charge in [-0.1, -0.05) is 43.2 Å². The normalized spacial score (nSPS) is 12.3. The Labute approximate surface area is 111 Å². The fraction of sp³-hybridized carbons (Fsp3) is 0.636. The summed E-state index contributed by atoms with van der Waals surface area (Å²) in [5.74, 6) is 0.139. The van der Waals surface area contributed by atoms with Crippen LogP contribution in [0.25, 0.3) is 0 Å². The van der Waals surface area contributed by atoms with Crippen molar-refractivity contribution in [3.8, 4) is 0 Å². The summed E-state index contributed by atoms with van der Waals surface area (Å²) in [5, 5.41) is 0.962. The van der Waals surface area contributed by atoms with E-state index in [4.69, 9.17) is 11.6 Å². The number of rotatable bonds is 5. The molecule has 0 saturated carbocycles. The highest BCUT2D eigenvalue weighted by atomic mass is 35.5. The summed E-state index contributed by atoms with van der Waals surface area (Å²) < 4.78 is 4.64. The van der Waals surface area contributed by atoms with Gasteiger partial charge < -0.3 is 9.64 Å². The first-order valence-corrected chi connectivity index (χ1v) is 6.64. The maximum absolute atomic E-state index is 11.4. The Morgan fingerprint density at radius 2 is 2.29 bits per heavy atom. The molecular formula is C11H17ClN2O2S. The quantitative estimate of drug-likeness (QED) is 0.775. The molecule has 6 heteroatoms. The first kappa shape index (κ1) is 14.3. The van der Waals surface area contributed by atoms with Crippen LogP contribution in [0.2, 0.25) is 5.15 Å². The first-order valence-electron chi connectivity index (χ1n) is 5.45. The van der Waals surface area contributed by atoms with Crippen LogP contribution in [0.3, 0.4) is 0 Å². The topological polar surface area (TPSA) is 42.4 Å². The minimum atomic E-state index is -0.435. The zero-order valence-electron chi connectivity index (χ0n) is 10.5. The van der Waals surface area contributed by atoms with E-state index < -0.39 is 5.97 Å². The molecule has 0 aliphatic carbocycles. The van der Waals surface area contributed by atoms with Crippen LogP contribution in [0.4, 0.5) is 5.13 Å². The predicted octanol–water partition coefficient (Wildman–Crippen LogP) is 3.07. The summed E-state index contributed by atoms with van der Waals surface area (Å²) in [7, 11) is 3.28. The van der Waals surface area contributed by atoms with E-state index >= 15 is 0 Å². The average Bonchev–Trinajstić information content (AvgIpc) is 2.70. The average molecular weight is 277 g/mol. The van der Waals surface area contributed by atoms with E-state index in [1.165, 1.54) is 18.4 Å². The van der Waals surface area contributed by atoms with Crippen molar-refractivity contribution in [1.29, 1.82) is 0 Å². The zero-order chi connectivity index (χ0) is 13.0. The fourth-order valence-electron chi connectivity index (χ4n) is 1.35. The van der Waals surface area contributed by atoms with Crippen molar-refractivity contribution < 1.29 is 9.53 Å². The summed E-state index contributed by atoms with van der Waals surface area (Å²) in [6, 6.07) is 0. The standard InChI is InChI=1S/C11H17ClN2O2S/c1-5-7(2)6-14(3)11-13-9(12)8(17-11)10(15)16-4/h7H,5-6H2,1-4H3. The molecule has 96 valence electrons. The molecule has 0 spiro atoms. The molecule has 4 nitrogen and oxygen atoms in total. The van der Waals surface area contributed by atoms with Crippen LogP contribution in [0.5, 0.6) is 0 Å². The molecule has 1 aromatic rings. The van der Waals surface area contributed by atoms with Crippen molar-refractivity contribution >= 4 is 34.0 Å². The number of halogens is 1. The molecular weight excluding hydrogens is 260 g/mol. The first-order chi connectivity index (χ1) is 7.99. The number of nitrogens with zero attached hydrogens (tertiary/aromatic N) is 2.